The molecule has 1 heterocycles. The van der Waals surface area contributed by atoms with E-state index in [1.165, 1.54) is 41.3 Å². The molecule has 2 aromatic carbocycles. The van der Waals surface area contributed by atoms with Gasteiger partial charge in [0, 0.05) is 19.5 Å². The SMILES string of the molecule is CN1C(=O)[C@@H](c2ccc(C(C)(F)F)cc2)[C@@](C)(c2ccc(F)cc2)NC1N. The number of likely N-dealkylation sites (N-methyl/N-ethyl adjacent to an activating group) is 1. The highest BCUT2D eigenvalue weighted by molar-refractivity contribution is 5.86. The van der Waals surface area contributed by atoms with Crippen LogP contribution in [0.25, 0.3) is 0 Å². The normalized spacial score (nSPS) is 26.3. The molecule has 7 heteroatoms. The van der Waals surface area contributed by atoms with Crippen LogP contribution < -0.4 is 11.1 Å². The number of benzene rings is 2. The van der Waals surface area contributed by atoms with Gasteiger partial charge in [-0.15, -0.1) is 0 Å². The number of nitrogens with two attached hydrogens (primary N) is 1. The third-order valence-corrected chi connectivity index (χ3v) is 5.23. The summed E-state index contributed by atoms with van der Waals surface area (Å²) in [5.41, 5.74) is 6.24. The summed E-state index contributed by atoms with van der Waals surface area (Å²) in [7, 11) is 1.58. The zero-order chi connectivity index (χ0) is 20.0. The van der Waals surface area contributed by atoms with E-state index < -0.39 is 29.5 Å². The Hall–Kier alpha value is -2.38. The molecule has 3 atom stereocenters. The topological polar surface area (TPSA) is 58.4 Å². The molecule has 0 radical (unpaired) electrons. The highest BCUT2D eigenvalue weighted by Crippen LogP contribution is 2.41. The van der Waals surface area contributed by atoms with Crippen LogP contribution in [-0.2, 0) is 16.3 Å². The second kappa shape index (κ2) is 6.65. The number of amides is 1. The van der Waals surface area contributed by atoms with Gasteiger partial charge in [-0.25, -0.2) is 13.2 Å². The zero-order valence-electron chi connectivity index (χ0n) is 15.3. The Labute approximate surface area is 156 Å². The molecule has 0 saturated carbocycles. The number of hydrogen-bond donors (Lipinski definition) is 2. The second-order valence-electron chi connectivity index (χ2n) is 7.19. The summed E-state index contributed by atoms with van der Waals surface area (Å²) in [5, 5.41) is 3.21. The molecule has 144 valence electrons. The molecule has 27 heavy (non-hydrogen) atoms. The Balaban J connectivity index is 2.10. The maximum Gasteiger partial charge on any atom is 0.270 e. The molecule has 1 amide bonds. The highest BCUT2D eigenvalue weighted by Gasteiger charge is 2.48. The van der Waals surface area contributed by atoms with Gasteiger partial charge in [-0.3, -0.25) is 15.8 Å². The minimum atomic E-state index is -2.97. The quantitative estimate of drug-likeness (QED) is 0.863. The zero-order valence-corrected chi connectivity index (χ0v) is 15.3. The Morgan fingerprint density at radius 1 is 1.11 bits per heavy atom. The maximum absolute atomic E-state index is 13.5. The Morgan fingerprint density at radius 2 is 1.67 bits per heavy atom. The number of halogens is 3. The van der Waals surface area contributed by atoms with Gasteiger partial charge in [0.2, 0.25) is 5.91 Å². The average Bonchev–Trinajstić information content (AvgIpc) is 2.60. The lowest BCUT2D eigenvalue weighted by molar-refractivity contribution is -0.142. The Kier molecular flexibility index (Phi) is 4.78. The molecule has 1 aliphatic rings. The van der Waals surface area contributed by atoms with Crippen molar-refractivity contribution in [1.29, 1.82) is 0 Å². The van der Waals surface area contributed by atoms with Crippen molar-refractivity contribution in [3.05, 3.63) is 71.0 Å². The minimum Gasteiger partial charge on any atom is -0.317 e. The van der Waals surface area contributed by atoms with E-state index in [1.54, 1.807) is 26.1 Å². The molecule has 0 aromatic heterocycles. The summed E-state index contributed by atoms with van der Waals surface area (Å²) >= 11 is 0. The molecule has 1 aliphatic heterocycles. The van der Waals surface area contributed by atoms with Gasteiger partial charge in [0.05, 0.1) is 11.5 Å². The van der Waals surface area contributed by atoms with Gasteiger partial charge >= 0.3 is 0 Å². The average molecular weight is 377 g/mol. The fourth-order valence-corrected chi connectivity index (χ4v) is 3.57. The van der Waals surface area contributed by atoms with Crippen molar-refractivity contribution in [2.24, 2.45) is 5.73 Å². The van der Waals surface area contributed by atoms with Gasteiger partial charge in [0.1, 0.15) is 12.1 Å². The van der Waals surface area contributed by atoms with E-state index in [1.807, 2.05) is 0 Å². The van der Waals surface area contributed by atoms with E-state index >= 15 is 0 Å². The summed E-state index contributed by atoms with van der Waals surface area (Å²) in [5.74, 6) is -4.32. The van der Waals surface area contributed by atoms with Gasteiger partial charge < -0.3 is 4.90 Å². The van der Waals surface area contributed by atoms with Crippen LogP contribution in [0.5, 0.6) is 0 Å². The van der Waals surface area contributed by atoms with Crippen LogP contribution in [0.1, 0.15) is 36.5 Å². The van der Waals surface area contributed by atoms with Gasteiger partial charge in [-0.1, -0.05) is 36.4 Å². The monoisotopic (exact) mass is 377 g/mol. The predicted octanol–water partition coefficient (Wildman–Crippen LogP) is 3.24. The molecule has 3 rings (SSSR count). The van der Waals surface area contributed by atoms with E-state index in [2.05, 4.69) is 5.32 Å². The maximum atomic E-state index is 13.5. The largest absolute Gasteiger partial charge is 0.317 e. The second-order valence-corrected chi connectivity index (χ2v) is 7.19. The molecular formula is C20H22F3N3O. The molecule has 1 unspecified atom stereocenters. The van der Waals surface area contributed by atoms with Crippen molar-refractivity contribution < 1.29 is 18.0 Å². The molecule has 4 nitrogen and oxygen atoms in total. The lowest BCUT2D eigenvalue weighted by Crippen LogP contribution is -2.68. The van der Waals surface area contributed by atoms with Crippen LogP contribution in [0.4, 0.5) is 13.2 Å². The fourth-order valence-electron chi connectivity index (χ4n) is 3.57. The Bertz CT molecular complexity index is 833. The molecule has 0 aliphatic carbocycles. The van der Waals surface area contributed by atoms with Crippen LogP contribution in [0.15, 0.2) is 48.5 Å². The van der Waals surface area contributed by atoms with Crippen molar-refractivity contribution >= 4 is 5.91 Å². The number of carbonyl (C=O) groups is 1. The molecule has 1 saturated heterocycles. The van der Waals surface area contributed by atoms with Gasteiger partial charge in [0.15, 0.2) is 0 Å². The van der Waals surface area contributed by atoms with E-state index in [0.29, 0.717) is 11.1 Å². The third kappa shape index (κ3) is 3.44. The first-order valence-electron chi connectivity index (χ1n) is 8.58. The van der Waals surface area contributed by atoms with E-state index in [9.17, 15) is 18.0 Å². The molecule has 1 fully saturated rings. The first-order chi connectivity index (χ1) is 12.5. The summed E-state index contributed by atoms with van der Waals surface area (Å²) in [4.78, 5) is 14.4. The van der Waals surface area contributed by atoms with Crippen molar-refractivity contribution in [3.8, 4) is 0 Å². The number of rotatable bonds is 3. The summed E-state index contributed by atoms with van der Waals surface area (Å²) in [6.07, 6.45) is -0.733. The predicted molar refractivity (Wildman–Crippen MR) is 96.4 cm³/mol. The number of alkyl halides is 2. The van der Waals surface area contributed by atoms with E-state index in [4.69, 9.17) is 5.73 Å². The van der Waals surface area contributed by atoms with Crippen LogP contribution in [0.3, 0.4) is 0 Å². The number of nitrogens with one attached hydrogen (secondary N) is 1. The summed E-state index contributed by atoms with van der Waals surface area (Å²) in [6.45, 7) is 2.63. The Morgan fingerprint density at radius 3 is 2.19 bits per heavy atom. The van der Waals surface area contributed by atoms with Crippen LogP contribution in [0.2, 0.25) is 0 Å². The van der Waals surface area contributed by atoms with E-state index in [0.717, 1.165) is 6.92 Å². The lowest BCUT2D eigenvalue weighted by Gasteiger charge is -2.48. The fraction of sp³-hybridized carbons (Fsp3) is 0.350. The third-order valence-electron chi connectivity index (χ3n) is 5.23. The van der Waals surface area contributed by atoms with Crippen LogP contribution >= 0.6 is 0 Å². The molecule has 2 aromatic rings. The molecule has 3 N–H and O–H groups in total. The lowest BCUT2D eigenvalue weighted by atomic mass is 9.73. The standard InChI is InChI=1S/C20H22F3N3O/c1-19(13-8-10-15(21)11-9-13)16(17(27)26(3)18(24)25-19)12-4-6-14(7-5-12)20(2,22)23/h4-11,16,18,25H,24H2,1-3H3/t16-,18?,19-/m1/s1. The number of carbonyl (C=O) groups excluding carboxylic acids is 1. The molecule has 0 spiro atoms. The van der Waals surface area contributed by atoms with Crippen molar-refractivity contribution in [2.45, 2.75) is 37.5 Å². The summed E-state index contributed by atoms with van der Waals surface area (Å²) < 4.78 is 40.4. The van der Waals surface area contributed by atoms with Crippen LogP contribution in [-0.4, -0.2) is 24.1 Å². The summed E-state index contributed by atoms with van der Waals surface area (Å²) in [6, 6.07) is 11.5. The van der Waals surface area contributed by atoms with Gasteiger partial charge in [-0.2, -0.15) is 0 Å². The first kappa shape index (κ1) is 19.4. The van der Waals surface area contributed by atoms with Crippen molar-refractivity contribution in [3.63, 3.8) is 0 Å². The minimum absolute atomic E-state index is 0.129. The molecular weight excluding hydrogens is 355 g/mol. The van der Waals surface area contributed by atoms with Crippen LogP contribution in [0, 0.1) is 5.82 Å². The van der Waals surface area contributed by atoms with Gasteiger partial charge in [-0.05, 0) is 30.2 Å². The van der Waals surface area contributed by atoms with Crippen molar-refractivity contribution in [2.75, 3.05) is 7.05 Å². The van der Waals surface area contributed by atoms with E-state index in [-0.39, 0.29) is 11.5 Å². The number of hydrogen-bond acceptors (Lipinski definition) is 3. The highest BCUT2D eigenvalue weighted by atomic mass is 19.3. The number of nitrogens with zero attached hydrogens (tertiary/aromatic N) is 1. The van der Waals surface area contributed by atoms with Gasteiger partial charge in [0.25, 0.3) is 5.92 Å². The smallest absolute Gasteiger partial charge is 0.270 e. The molecule has 0 bridgehead atoms. The van der Waals surface area contributed by atoms with Crippen molar-refractivity contribution in [1.82, 2.24) is 10.2 Å². The first-order valence-corrected chi connectivity index (χ1v) is 8.58.